The summed E-state index contributed by atoms with van der Waals surface area (Å²) in [7, 11) is 0. The summed E-state index contributed by atoms with van der Waals surface area (Å²) in [5, 5.41) is 12.0. The first kappa shape index (κ1) is 14.6. The van der Waals surface area contributed by atoms with Crippen molar-refractivity contribution in [2.75, 3.05) is 0 Å². The average molecular weight is 295 g/mol. The van der Waals surface area contributed by atoms with Crippen LogP contribution in [0.15, 0.2) is 54.6 Å². The predicted molar refractivity (Wildman–Crippen MR) is 88.3 cm³/mol. The smallest absolute Gasteiger partial charge is 0.182 e. The first-order valence-corrected chi connectivity index (χ1v) is 7.88. The van der Waals surface area contributed by atoms with Crippen molar-refractivity contribution in [1.82, 2.24) is 0 Å². The molecule has 1 aliphatic rings. The molecule has 22 heavy (non-hydrogen) atoms. The summed E-state index contributed by atoms with van der Waals surface area (Å²) in [6, 6.07) is 17.9. The van der Waals surface area contributed by atoms with Gasteiger partial charge in [0.25, 0.3) is 0 Å². The van der Waals surface area contributed by atoms with E-state index in [2.05, 4.69) is 0 Å². The fraction of sp³-hybridized carbons (Fsp3) is 0.316. The Kier molecular flexibility index (Phi) is 4.74. The third-order valence-electron chi connectivity index (χ3n) is 4.09. The van der Waals surface area contributed by atoms with Crippen LogP contribution in [0.1, 0.15) is 36.8 Å². The van der Waals surface area contributed by atoms with E-state index in [1.54, 1.807) is 6.21 Å². The molecule has 1 saturated carbocycles. The zero-order valence-electron chi connectivity index (χ0n) is 12.7. The molecule has 0 aromatic heterocycles. The van der Waals surface area contributed by atoms with Gasteiger partial charge in [-0.3, -0.25) is 0 Å². The van der Waals surface area contributed by atoms with Gasteiger partial charge in [-0.25, -0.2) is 4.74 Å². The van der Waals surface area contributed by atoms with Gasteiger partial charge in [0, 0.05) is 18.4 Å². The molecule has 0 N–H and O–H groups in total. The molecule has 0 spiro atoms. The molecule has 1 aliphatic carbocycles. The van der Waals surface area contributed by atoms with E-state index in [1.807, 2.05) is 54.6 Å². The predicted octanol–water partition coefficient (Wildman–Crippen LogP) is 4.14. The third kappa shape index (κ3) is 3.88. The van der Waals surface area contributed by atoms with Crippen LogP contribution >= 0.6 is 0 Å². The number of benzene rings is 2. The second kappa shape index (κ2) is 7.12. The summed E-state index contributed by atoms with van der Waals surface area (Å²) in [5.41, 5.74) is 2.07. The van der Waals surface area contributed by atoms with Crippen LogP contribution in [0.2, 0.25) is 0 Å². The van der Waals surface area contributed by atoms with Crippen LogP contribution < -0.4 is 4.74 Å². The van der Waals surface area contributed by atoms with E-state index in [-0.39, 0.29) is 6.04 Å². The maximum atomic E-state index is 12.0. The molecule has 0 unspecified atom stereocenters. The Morgan fingerprint density at radius 2 is 1.68 bits per heavy atom. The van der Waals surface area contributed by atoms with Gasteiger partial charge in [-0.2, -0.15) is 0 Å². The molecular formula is C19H21NO2. The normalized spacial score (nSPS) is 15.9. The summed E-state index contributed by atoms with van der Waals surface area (Å²) in [5.74, 6) is 0.819. The van der Waals surface area contributed by atoms with Crippen molar-refractivity contribution in [3.63, 3.8) is 0 Å². The Morgan fingerprint density at radius 3 is 2.36 bits per heavy atom. The van der Waals surface area contributed by atoms with E-state index in [1.165, 1.54) is 12.8 Å². The van der Waals surface area contributed by atoms with Gasteiger partial charge in [0.05, 0.1) is 0 Å². The minimum absolute atomic E-state index is 0.161. The first-order chi connectivity index (χ1) is 10.8. The summed E-state index contributed by atoms with van der Waals surface area (Å²) >= 11 is 0. The molecule has 3 rings (SSSR count). The summed E-state index contributed by atoms with van der Waals surface area (Å²) in [4.78, 5) is 0. The SMILES string of the molecule is [O-]/[N+](=C\c1ccc(OCc2ccccc2)cc1)C1CCCC1. The molecule has 2 aromatic carbocycles. The standard InChI is InChI=1S/C19H21NO2/c21-20(18-8-4-5-9-18)14-16-10-12-19(13-11-16)22-15-17-6-2-1-3-7-17/h1-3,6-7,10-14,18H,4-5,8-9,15H2/b20-14-. The summed E-state index contributed by atoms with van der Waals surface area (Å²) in [6.45, 7) is 0.555. The Balaban J connectivity index is 1.59. The Hall–Kier alpha value is -2.29. The number of rotatable bonds is 5. The molecule has 0 aliphatic heterocycles. The summed E-state index contributed by atoms with van der Waals surface area (Å²) in [6.07, 6.45) is 6.06. The Morgan fingerprint density at radius 1 is 1.00 bits per heavy atom. The van der Waals surface area contributed by atoms with Crippen LogP contribution in [0.3, 0.4) is 0 Å². The average Bonchev–Trinajstić information content (AvgIpc) is 3.10. The van der Waals surface area contributed by atoms with Crippen molar-refractivity contribution in [3.8, 4) is 5.75 Å². The lowest BCUT2D eigenvalue weighted by Gasteiger charge is -2.11. The molecule has 0 radical (unpaired) electrons. The van der Waals surface area contributed by atoms with Gasteiger partial charge in [0.1, 0.15) is 12.4 Å². The molecule has 0 bridgehead atoms. The van der Waals surface area contributed by atoms with E-state index in [9.17, 15) is 5.21 Å². The van der Waals surface area contributed by atoms with Crippen LogP contribution in [0.5, 0.6) is 5.75 Å². The monoisotopic (exact) mass is 295 g/mol. The van der Waals surface area contributed by atoms with Crippen LogP contribution in [-0.2, 0) is 6.61 Å². The summed E-state index contributed by atoms with van der Waals surface area (Å²) < 4.78 is 6.86. The van der Waals surface area contributed by atoms with E-state index < -0.39 is 0 Å². The van der Waals surface area contributed by atoms with Crippen molar-refractivity contribution in [1.29, 1.82) is 0 Å². The Labute approximate surface area is 131 Å². The Bertz CT molecular complexity index is 614. The van der Waals surface area contributed by atoms with Crippen LogP contribution in [0.25, 0.3) is 0 Å². The van der Waals surface area contributed by atoms with E-state index >= 15 is 0 Å². The highest BCUT2D eigenvalue weighted by atomic mass is 16.5. The largest absolute Gasteiger partial charge is 0.624 e. The zero-order valence-corrected chi connectivity index (χ0v) is 12.7. The number of ether oxygens (including phenoxy) is 1. The lowest BCUT2D eigenvalue weighted by atomic mass is 10.2. The van der Waals surface area contributed by atoms with Gasteiger partial charge in [0.2, 0.25) is 0 Å². The highest BCUT2D eigenvalue weighted by molar-refractivity contribution is 5.75. The van der Waals surface area contributed by atoms with Crippen molar-refractivity contribution in [2.45, 2.75) is 38.3 Å². The molecule has 0 heterocycles. The lowest BCUT2D eigenvalue weighted by molar-refractivity contribution is -0.494. The van der Waals surface area contributed by atoms with Gasteiger partial charge in [-0.1, -0.05) is 30.3 Å². The topological polar surface area (TPSA) is 35.3 Å². The van der Waals surface area contributed by atoms with Gasteiger partial charge >= 0.3 is 0 Å². The minimum Gasteiger partial charge on any atom is -0.624 e. The number of hydrogen-bond acceptors (Lipinski definition) is 2. The van der Waals surface area contributed by atoms with E-state index in [0.29, 0.717) is 6.61 Å². The fourth-order valence-corrected chi connectivity index (χ4v) is 2.80. The molecular weight excluding hydrogens is 274 g/mol. The molecule has 0 atom stereocenters. The maximum absolute atomic E-state index is 12.0. The van der Waals surface area contributed by atoms with Crippen molar-refractivity contribution in [2.24, 2.45) is 0 Å². The van der Waals surface area contributed by atoms with Crippen molar-refractivity contribution in [3.05, 3.63) is 70.9 Å². The lowest BCUT2D eigenvalue weighted by Crippen LogP contribution is -2.18. The van der Waals surface area contributed by atoms with Crippen molar-refractivity contribution < 1.29 is 9.48 Å². The van der Waals surface area contributed by atoms with E-state index in [4.69, 9.17) is 4.74 Å². The van der Waals surface area contributed by atoms with Gasteiger partial charge < -0.3 is 9.94 Å². The second-order valence-corrected chi connectivity index (χ2v) is 5.77. The molecule has 0 amide bonds. The fourth-order valence-electron chi connectivity index (χ4n) is 2.80. The first-order valence-electron chi connectivity index (χ1n) is 7.88. The third-order valence-corrected chi connectivity index (χ3v) is 4.09. The molecule has 0 saturated heterocycles. The highest BCUT2D eigenvalue weighted by Crippen LogP contribution is 2.20. The van der Waals surface area contributed by atoms with Crippen molar-refractivity contribution >= 4 is 6.21 Å². The van der Waals surface area contributed by atoms with Gasteiger partial charge in [-0.05, 0) is 42.7 Å². The number of nitrogens with zero attached hydrogens (tertiary/aromatic N) is 1. The molecule has 114 valence electrons. The van der Waals surface area contributed by atoms with Crippen LogP contribution in [0.4, 0.5) is 0 Å². The molecule has 2 aromatic rings. The van der Waals surface area contributed by atoms with Gasteiger partial charge in [-0.15, -0.1) is 0 Å². The molecule has 3 nitrogen and oxygen atoms in total. The minimum atomic E-state index is 0.161. The molecule has 1 fully saturated rings. The second-order valence-electron chi connectivity index (χ2n) is 5.77. The van der Waals surface area contributed by atoms with E-state index in [0.717, 1.165) is 34.5 Å². The highest BCUT2D eigenvalue weighted by Gasteiger charge is 2.21. The van der Waals surface area contributed by atoms with Crippen LogP contribution in [-0.4, -0.2) is 17.0 Å². The zero-order chi connectivity index (χ0) is 15.2. The maximum Gasteiger partial charge on any atom is 0.182 e. The quantitative estimate of drug-likeness (QED) is 0.360. The van der Waals surface area contributed by atoms with Gasteiger partial charge in [0.15, 0.2) is 12.3 Å². The van der Waals surface area contributed by atoms with Crippen LogP contribution in [0, 0.1) is 5.21 Å². The molecule has 3 heteroatoms. The number of hydroxylamine groups is 1. The number of hydrogen-bond donors (Lipinski definition) is 0.